The molecule has 0 amide bonds. The van der Waals surface area contributed by atoms with E-state index < -0.39 is 16.7 Å². The molecule has 1 aliphatic heterocycles. The fraction of sp³-hybridized carbons (Fsp3) is 0.350. The fourth-order valence-corrected chi connectivity index (χ4v) is 5.18. The minimum absolute atomic E-state index is 0.292. The smallest absolute Gasteiger partial charge is 0.329 e. The molecule has 9 heteroatoms. The van der Waals surface area contributed by atoms with Gasteiger partial charge in [-0.25, -0.2) is 4.79 Å². The lowest BCUT2D eigenvalue weighted by atomic mass is 10.0. The van der Waals surface area contributed by atoms with Crippen molar-refractivity contribution in [2.75, 3.05) is 36.4 Å². The standard InChI is InChI=1S/C20H25ClN2O5S/c1-23-18-7-3-2-6-14(18)10-16-17(11-15(21)12-19(16)29(23,26)27)22-8-4-5-9-28-13-20(24)25/h2-3,6-7,11-12,22,26-27H,4-5,8-10,13H2,1H3,(H,24,25). The van der Waals surface area contributed by atoms with E-state index in [1.54, 1.807) is 19.2 Å². The number of halogens is 1. The first-order chi connectivity index (χ1) is 13.8. The third kappa shape index (κ3) is 4.96. The third-order valence-electron chi connectivity index (χ3n) is 4.81. The van der Waals surface area contributed by atoms with Crippen LogP contribution in [0, 0.1) is 0 Å². The van der Waals surface area contributed by atoms with E-state index in [1.165, 1.54) is 4.31 Å². The number of hydrogen-bond donors (Lipinski definition) is 4. The van der Waals surface area contributed by atoms with Crippen LogP contribution in [0.1, 0.15) is 24.0 Å². The molecule has 29 heavy (non-hydrogen) atoms. The average molecular weight is 441 g/mol. The van der Waals surface area contributed by atoms with E-state index in [-0.39, 0.29) is 6.61 Å². The summed E-state index contributed by atoms with van der Waals surface area (Å²) in [6.45, 7) is 0.709. The normalized spacial score (nSPS) is 15.8. The van der Waals surface area contributed by atoms with Crippen LogP contribution in [0.25, 0.3) is 0 Å². The summed E-state index contributed by atoms with van der Waals surface area (Å²) in [7, 11) is -1.56. The summed E-state index contributed by atoms with van der Waals surface area (Å²) in [5.41, 5.74) is 3.36. The molecule has 2 aromatic rings. The van der Waals surface area contributed by atoms with Gasteiger partial charge in [0.2, 0.25) is 0 Å². The average Bonchev–Trinajstić information content (AvgIpc) is 2.75. The second kappa shape index (κ2) is 9.23. The first-order valence-electron chi connectivity index (χ1n) is 9.26. The Morgan fingerprint density at radius 1 is 1.28 bits per heavy atom. The SMILES string of the molecule is CN1c2ccccc2Cc2c(NCCCCOCC(=O)O)cc(Cl)cc2S1(O)O. The van der Waals surface area contributed by atoms with Crippen molar-refractivity contribution in [3.05, 3.63) is 52.5 Å². The highest BCUT2D eigenvalue weighted by Crippen LogP contribution is 2.58. The third-order valence-corrected chi connectivity index (χ3v) is 6.94. The van der Waals surface area contributed by atoms with Gasteiger partial charge in [0.1, 0.15) is 6.61 Å². The number of carboxylic acid groups (broad SMARTS) is 1. The van der Waals surface area contributed by atoms with Crippen molar-refractivity contribution in [3.8, 4) is 0 Å². The molecule has 0 fully saturated rings. The Hall–Kier alpha value is -1.97. The van der Waals surface area contributed by atoms with Crippen LogP contribution in [0.5, 0.6) is 0 Å². The zero-order chi connectivity index (χ0) is 21.0. The van der Waals surface area contributed by atoms with Crippen LogP contribution in [0.2, 0.25) is 5.02 Å². The number of rotatable bonds is 8. The Labute approximate surface area is 176 Å². The first kappa shape index (κ1) is 21.7. The van der Waals surface area contributed by atoms with E-state index >= 15 is 0 Å². The molecule has 1 heterocycles. The summed E-state index contributed by atoms with van der Waals surface area (Å²) in [5.74, 6) is -0.978. The lowest BCUT2D eigenvalue weighted by molar-refractivity contribution is -0.142. The maximum absolute atomic E-state index is 11.0. The molecular formula is C20H25ClN2O5S. The highest BCUT2D eigenvalue weighted by atomic mass is 35.5. The molecule has 0 aliphatic carbocycles. The number of carbonyl (C=O) groups is 1. The Bertz CT molecular complexity index is 893. The van der Waals surface area contributed by atoms with Gasteiger partial charge in [-0.2, -0.15) is 0 Å². The molecule has 0 bridgehead atoms. The summed E-state index contributed by atoms with van der Waals surface area (Å²) in [4.78, 5) is 10.9. The van der Waals surface area contributed by atoms with Gasteiger partial charge in [0, 0.05) is 42.9 Å². The fourth-order valence-electron chi connectivity index (χ4n) is 3.35. The van der Waals surface area contributed by atoms with E-state index in [0.29, 0.717) is 35.9 Å². The summed E-state index contributed by atoms with van der Waals surface area (Å²) >= 11 is 6.29. The van der Waals surface area contributed by atoms with E-state index in [1.807, 2.05) is 24.3 Å². The predicted molar refractivity (Wildman–Crippen MR) is 116 cm³/mol. The Morgan fingerprint density at radius 2 is 2.03 bits per heavy atom. The number of fused-ring (bicyclic) bond motifs is 2. The number of nitrogens with zero attached hydrogens (tertiary/aromatic N) is 1. The lowest BCUT2D eigenvalue weighted by Gasteiger charge is -2.42. The van der Waals surface area contributed by atoms with E-state index in [0.717, 1.165) is 28.9 Å². The van der Waals surface area contributed by atoms with Crippen LogP contribution in [0.3, 0.4) is 0 Å². The molecule has 0 unspecified atom stereocenters. The Morgan fingerprint density at radius 3 is 2.79 bits per heavy atom. The van der Waals surface area contributed by atoms with Crippen molar-refractivity contribution in [1.82, 2.24) is 0 Å². The molecule has 7 nitrogen and oxygen atoms in total. The summed E-state index contributed by atoms with van der Waals surface area (Å²) < 4.78 is 28.6. The molecule has 0 saturated heterocycles. The molecule has 158 valence electrons. The number of carboxylic acids is 1. The van der Waals surface area contributed by atoms with E-state index in [4.69, 9.17) is 21.4 Å². The number of benzene rings is 2. The van der Waals surface area contributed by atoms with Gasteiger partial charge in [0.15, 0.2) is 0 Å². The summed E-state index contributed by atoms with van der Waals surface area (Å²) in [5, 5.41) is 12.3. The molecule has 4 N–H and O–H groups in total. The molecule has 0 atom stereocenters. The van der Waals surface area contributed by atoms with Crippen molar-refractivity contribution in [2.45, 2.75) is 24.2 Å². The molecule has 0 radical (unpaired) electrons. The monoisotopic (exact) mass is 440 g/mol. The number of nitrogens with one attached hydrogen (secondary N) is 1. The molecule has 3 rings (SSSR count). The Kier molecular flexibility index (Phi) is 6.92. The zero-order valence-electron chi connectivity index (χ0n) is 16.1. The predicted octanol–water partition coefficient (Wildman–Crippen LogP) is 4.70. The maximum Gasteiger partial charge on any atom is 0.329 e. The van der Waals surface area contributed by atoms with Crippen LogP contribution in [-0.4, -0.2) is 47.0 Å². The van der Waals surface area contributed by atoms with Gasteiger partial charge in [0.05, 0.1) is 10.6 Å². The van der Waals surface area contributed by atoms with Gasteiger partial charge in [-0.05, 0) is 36.6 Å². The first-order valence-corrected chi connectivity index (χ1v) is 11.1. The molecule has 2 aromatic carbocycles. The number of anilines is 2. The van der Waals surface area contributed by atoms with E-state index in [9.17, 15) is 13.9 Å². The minimum atomic E-state index is -3.23. The van der Waals surface area contributed by atoms with Gasteiger partial charge in [0.25, 0.3) is 0 Å². The van der Waals surface area contributed by atoms with Crippen molar-refractivity contribution in [2.24, 2.45) is 0 Å². The number of aliphatic carboxylic acids is 1. The van der Waals surface area contributed by atoms with Gasteiger partial charge in [-0.3, -0.25) is 13.4 Å². The molecule has 0 aromatic heterocycles. The van der Waals surface area contributed by atoms with Crippen LogP contribution < -0.4 is 9.62 Å². The molecule has 1 aliphatic rings. The zero-order valence-corrected chi connectivity index (χ0v) is 17.7. The quantitative estimate of drug-likeness (QED) is 0.441. The van der Waals surface area contributed by atoms with Crippen LogP contribution in [-0.2, 0) is 16.0 Å². The summed E-state index contributed by atoms with van der Waals surface area (Å²) in [6.07, 6.45) is 2.03. The highest BCUT2D eigenvalue weighted by molar-refractivity contribution is 8.25. The number of ether oxygens (including phenoxy) is 1. The second-order valence-electron chi connectivity index (χ2n) is 6.83. The highest BCUT2D eigenvalue weighted by Gasteiger charge is 2.32. The molecule has 0 saturated carbocycles. The van der Waals surface area contributed by atoms with Crippen molar-refractivity contribution in [1.29, 1.82) is 0 Å². The Balaban J connectivity index is 1.79. The number of unbranched alkanes of at least 4 members (excludes halogenated alkanes) is 1. The van der Waals surface area contributed by atoms with Crippen molar-refractivity contribution < 1.29 is 23.7 Å². The largest absolute Gasteiger partial charge is 0.480 e. The minimum Gasteiger partial charge on any atom is -0.480 e. The maximum atomic E-state index is 11.0. The van der Waals surface area contributed by atoms with Crippen molar-refractivity contribution >= 4 is 39.7 Å². The molecular weight excluding hydrogens is 416 g/mol. The van der Waals surface area contributed by atoms with Gasteiger partial charge in [-0.15, -0.1) is 0 Å². The van der Waals surface area contributed by atoms with Crippen LogP contribution in [0.4, 0.5) is 11.4 Å². The van der Waals surface area contributed by atoms with Crippen LogP contribution in [0.15, 0.2) is 41.3 Å². The topological polar surface area (TPSA) is 102 Å². The lowest BCUT2D eigenvalue weighted by Crippen LogP contribution is -2.23. The van der Waals surface area contributed by atoms with Crippen molar-refractivity contribution in [3.63, 3.8) is 0 Å². The van der Waals surface area contributed by atoms with Gasteiger partial charge < -0.3 is 15.2 Å². The van der Waals surface area contributed by atoms with Crippen LogP contribution >= 0.6 is 22.4 Å². The number of para-hydroxylation sites is 1. The summed E-state index contributed by atoms with van der Waals surface area (Å²) in [6, 6.07) is 11.1. The van der Waals surface area contributed by atoms with E-state index in [2.05, 4.69) is 5.32 Å². The van der Waals surface area contributed by atoms with Gasteiger partial charge >= 0.3 is 5.97 Å². The molecule has 0 spiro atoms. The number of hydrogen-bond acceptors (Lipinski definition) is 6. The second-order valence-corrected chi connectivity index (χ2v) is 9.29. The van der Waals surface area contributed by atoms with Gasteiger partial charge in [-0.1, -0.05) is 40.6 Å².